The number of Topliss-reactive ketones (excluding diaryl/α,β-unsaturated/α-hetero) is 1. The molecule has 1 atom stereocenters. The summed E-state index contributed by atoms with van der Waals surface area (Å²) >= 11 is 0. The summed E-state index contributed by atoms with van der Waals surface area (Å²) in [6, 6.07) is 17.1. The van der Waals surface area contributed by atoms with Crippen molar-refractivity contribution < 1.29 is 23.5 Å². The van der Waals surface area contributed by atoms with Gasteiger partial charge in [0.1, 0.15) is 17.4 Å². The van der Waals surface area contributed by atoms with E-state index < -0.39 is 29.4 Å². The lowest BCUT2D eigenvalue weighted by atomic mass is 9.94. The fourth-order valence-electron chi connectivity index (χ4n) is 3.66. The lowest BCUT2D eigenvalue weighted by molar-refractivity contribution is -0.132. The Kier molecular flexibility index (Phi) is 4.91. The molecule has 0 radical (unpaired) electrons. The summed E-state index contributed by atoms with van der Waals surface area (Å²) in [5.41, 5.74) is 1.35. The number of aliphatic hydroxyl groups is 1. The first-order valence-corrected chi connectivity index (χ1v) is 9.26. The van der Waals surface area contributed by atoms with Crippen LogP contribution in [-0.2, 0) is 9.59 Å². The second kappa shape index (κ2) is 7.55. The molecule has 0 aliphatic carbocycles. The number of halogens is 2. The number of rotatable bonds is 3. The number of carbonyl (C=O) groups is 2. The quantitative estimate of drug-likeness (QED) is 0.383. The van der Waals surface area contributed by atoms with Crippen molar-refractivity contribution in [3.63, 3.8) is 0 Å². The third kappa shape index (κ3) is 3.26. The van der Waals surface area contributed by atoms with Gasteiger partial charge >= 0.3 is 0 Å². The van der Waals surface area contributed by atoms with E-state index in [1.54, 1.807) is 48.5 Å². The van der Waals surface area contributed by atoms with Crippen molar-refractivity contribution in [3.8, 4) is 0 Å². The maximum atomic E-state index is 14.6. The SMILES string of the molecule is Cc1cccc(C2/C(=C(\O)c3ccccc3)C(=O)C(=O)N2c2ccc(F)cc2F)c1. The molecule has 0 aromatic heterocycles. The topological polar surface area (TPSA) is 57.6 Å². The average molecular weight is 405 g/mol. The summed E-state index contributed by atoms with van der Waals surface area (Å²) in [5, 5.41) is 10.9. The third-order valence-electron chi connectivity index (χ3n) is 5.02. The van der Waals surface area contributed by atoms with Crippen LogP contribution in [0.1, 0.15) is 22.7 Å². The Morgan fingerprint density at radius 2 is 1.67 bits per heavy atom. The van der Waals surface area contributed by atoms with E-state index in [4.69, 9.17) is 0 Å². The molecule has 1 unspecified atom stereocenters. The van der Waals surface area contributed by atoms with Crippen LogP contribution in [-0.4, -0.2) is 16.8 Å². The molecular weight excluding hydrogens is 388 g/mol. The minimum absolute atomic E-state index is 0.152. The van der Waals surface area contributed by atoms with E-state index in [0.29, 0.717) is 17.2 Å². The van der Waals surface area contributed by atoms with Gasteiger partial charge in [0.25, 0.3) is 11.7 Å². The number of hydrogen-bond acceptors (Lipinski definition) is 3. The van der Waals surface area contributed by atoms with Gasteiger partial charge in [-0.1, -0.05) is 60.2 Å². The van der Waals surface area contributed by atoms with Gasteiger partial charge < -0.3 is 5.11 Å². The van der Waals surface area contributed by atoms with Gasteiger partial charge in [-0.15, -0.1) is 0 Å². The minimum Gasteiger partial charge on any atom is -0.507 e. The molecule has 4 nitrogen and oxygen atoms in total. The van der Waals surface area contributed by atoms with Crippen molar-refractivity contribution in [1.82, 2.24) is 0 Å². The third-order valence-corrected chi connectivity index (χ3v) is 5.02. The molecule has 1 N–H and O–H groups in total. The maximum absolute atomic E-state index is 14.6. The lowest BCUT2D eigenvalue weighted by Gasteiger charge is -2.26. The molecule has 6 heteroatoms. The summed E-state index contributed by atoms with van der Waals surface area (Å²) in [4.78, 5) is 26.8. The van der Waals surface area contributed by atoms with Gasteiger partial charge in [-0.2, -0.15) is 0 Å². The van der Waals surface area contributed by atoms with E-state index in [0.717, 1.165) is 22.6 Å². The predicted molar refractivity (Wildman–Crippen MR) is 109 cm³/mol. The summed E-state index contributed by atoms with van der Waals surface area (Å²) < 4.78 is 28.0. The number of benzene rings is 3. The monoisotopic (exact) mass is 405 g/mol. The van der Waals surface area contributed by atoms with Gasteiger partial charge in [0.2, 0.25) is 0 Å². The smallest absolute Gasteiger partial charge is 0.300 e. The first kappa shape index (κ1) is 19.5. The second-order valence-corrected chi connectivity index (χ2v) is 7.04. The Morgan fingerprint density at radius 1 is 0.933 bits per heavy atom. The van der Waals surface area contributed by atoms with Gasteiger partial charge in [-0.25, -0.2) is 8.78 Å². The standard InChI is InChI=1S/C24H17F2NO3/c1-14-6-5-9-16(12-14)21-20(22(28)15-7-3-2-4-8-15)23(29)24(30)27(21)19-11-10-17(25)13-18(19)26/h2-13,21,28H,1H3/b22-20+. The molecule has 1 fully saturated rings. The number of ketones is 1. The van der Waals surface area contributed by atoms with Gasteiger partial charge in [-0.05, 0) is 24.6 Å². The van der Waals surface area contributed by atoms with Crippen LogP contribution in [0.25, 0.3) is 5.76 Å². The van der Waals surface area contributed by atoms with Crippen LogP contribution in [0.15, 0.2) is 78.4 Å². The molecule has 150 valence electrons. The molecule has 3 aromatic rings. The summed E-state index contributed by atoms with van der Waals surface area (Å²) in [5.74, 6) is -4.07. The molecule has 3 aromatic carbocycles. The van der Waals surface area contributed by atoms with Crippen molar-refractivity contribution in [2.24, 2.45) is 0 Å². The maximum Gasteiger partial charge on any atom is 0.300 e. The first-order chi connectivity index (χ1) is 14.4. The number of amides is 1. The minimum atomic E-state index is -1.06. The van der Waals surface area contributed by atoms with Crippen molar-refractivity contribution in [3.05, 3.63) is 107 Å². The van der Waals surface area contributed by atoms with E-state index in [-0.39, 0.29) is 17.0 Å². The van der Waals surface area contributed by atoms with E-state index in [1.807, 2.05) is 13.0 Å². The molecule has 1 aliphatic heterocycles. The Bertz CT molecular complexity index is 1190. The van der Waals surface area contributed by atoms with E-state index in [1.165, 1.54) is 0 Å². The zero-order valence-electron chi connectivity index (χ0n) is 16.0. The zero-order chi connectivity index (χ0) is 21.4. The van der Waals surface area contributed by atoms with Gasteiger partial charge in [-0.3, -0.25) is 14.5 Å². The summed E-state index contributed by atoms with van der Waals surface area (Å²) in [7, 11) is 0. The Hall–Kier alpha value is -3.80. The van der Waals surface area contributed by atoms with Crippen LogP contribution in [0, 0.1) is 18.6 Å². The van der Waals surface area contributed by atoms with Crippen LogP contribution in [0.4, 0.5) is 14.5 Å². The highest BCUT2D eigenvalue weighted by Crippen LogP contribution is 2.43. The highest BCUT2D eigenvalue weighted by molar-refractivity contribution is 6.51. The molecule has 1 amide bonds. The van der Waals surface area contributed by atoms with E-state index >= 15 is 0 Å². The highest BCUT2D eigenvalue weighted by atomic mass is 19.1. The van der Waals surface area contributed by atoms with Crippen LogP contribution in [0.5, 0.6) is 0 Å². The summed E-state index contributed by atoms with van der Waals surface area (Å²) in [6.45, 7) is 1.84. The van der Waals surface area contributed by atoms with E-state index in [2.05, 4.69) is 0 Å². The Morgan fingerprint density at radius 3 is 2.33 bits per heavy atom. The average Bonchev–Trinajstić information content (AvgIpc) is 2.99. The largest absolute Gasteiger partial charge is 0.507 e. The Labute approximate surface area is 171 Å². The fourth-order valence-corrected chi connectivity index (χ4v) is 3.66. The normalized spacial score (nSPS) is 18.1. The van der Waals surface area contributed by atoms with Crippen molar-refractivity contribution in [2.45, 2.75) is 13.0 Å². The van der Waals surface area contributed by atoms with Gasteiger partial charge in [0, 0.05) is 11.6 Å². The predicted octanol–water partition coefficient (Wildman–Crippen LogP) is 4.90. The van der Waals surface area contributed by atoms with Gasteiger partial charge in [0.15, 0.2) is 0 Å². The number of hydrogen-bond donors (Lipinski definition) is 1. The zero-order valence-corrected chi connectivity index (χ0v) is 16.0. The Balaban J connectivity index is 1.98. The van der Waals surface area contributed by atoms with Crippen molar-refractivity contribution >= 4 is 23.1 Å². The van der Waals surface area contributed by atoms with Crippen LogP contribution in [0.3, 0.4) is 0 Å². The van der Waals surface area contributed by atoms with Crippen molar-refractivity contribution in [2.75, 3.05) is 4.90 Å². The first-order valence-electron chi connectivity index (χ1n) is 9.26. The molecule has 1 aliphatic rings. The molecule has 0 bridgehead atoms. The molecular formula is C24H17F2NO3. The molecule has 1 saturated heterocycles. The fraction of sp³-hybridized carbons (Fsp3) is 0.0833. The lowest BCUT2D eigenvalue weighted by Crippen LogP contribution is -2.30. The molecule has 4 rings (SSSR count). The second-order valence-electron chi connectivity index (χ2n) is 7.04. The highest BCUT2D eigenvalue weighted by Gasteiger charge is 2.47. The molecule has 1 heterocycles. The van der Waals surface area contributed by atoms with Crippen molar-refractivity contribution in [1.29, 1.82) is 0 Å². The van der Waals surface area contributed by atoms with Crippen LogP contribution in [0.2, 0.25) is 0 Å². The number of nitrogens with zero attached hydrogens (tertiary/aromatic N) is 1. The number of carbonyl (C=O) groups excluding carboxylic acids is 2. The number of aliphatic hydroxyl groups excluding tert-OH is 1. The number of anilines is 1. The molecule has 0 saturated carbocycles. The molecule has 30 heavy (non-hydrogen) atoms. The van der Waals surface area contributed by atoms with E-state index in [9.17, 15) is 23.5 Å². The number of aryl methyl sites for hydroxylation is 1. The van der Waals surface area contributed by atoms with Crippen LogP contribution < -0.4 is 4.90 Å². The van der Waals surface area contributed by atoms with Gasteiger partial charge in [0.05, 0.1) is 17.3 Å². The molecule has 0 spiro atoms. The van der Waals surface area contributed by atoms with Crippen LogP contribution >= 0.6 is 0 Å². The summed E-state index contributed by atoms with van der Waals surface area (Å²) in [6.07, 6.45) is 0.